The van der Waals surface area contributed by atoms with E-state index >= 15 is 0 Å². The largest absolute Gasteiger partial charge is 0.495 e. The van der Waals surface area contributed by atoms with Crippen LogP contribution in [0.15, 0.2) is 63.0 Å². The molecule has 9 nitrogen and oxygen atoms in total. The quantitative estimate of drug-likeness (QED) is 0.188. The minimum atomic E-state index is -0.459. The van der Waals surface area contributed by atoms with Crippen LogP contribution >= 0.6 is 15.9 Å². The lowest BCUT2D eigenvalue weighted by Gasteiger charge is -2.10. The predicted octanol–water partition coefficient (Wildman–Crippen LogP) is 2.64. The average Bonchev–Trinajstić information content (AvgIpc) is 3.08. The molecular weight excluding hydrogens is 440 g/mol. The first-order valence-corrected chi connectivity index (χ1v) is 9.22. The number of nitrogens with one attached hydrogen (secondary N) is 1. The van der Waals surface area contributed by atoms with Crippen molar-refractivity contribution in [2.45, 2.75) is 0 Å². The molecule has 146 valence electrons. The summed E-state index contributed by atoms with van der Waals surface area (Å²) in [6.07, 6.45) is 0. The third-order valence-corrected chi connectivity index (χ3v) is 4.84. The number of para-hydroxylation sites is 2. The Balaban J connectivity index is 2.09. The van der Waals surface area contributed by atoms with E-state index in [0.717, 1.165) is 4.47 Å². The molecule has 2 aromatic heterocycles. The summed E-state index contributed by atoms with van der Waals surface area (Å²) < 4.78 is 7.65. The summed E-state index contributed by atoms with van der Waals surface area (Å²) in [7, 11) is 1.52. The van der Waals surface area contributed by atoms with Crippen LogP contribution in [-0.2, 0) is 0 Å². The number of benzene rings is 2. The Hall–Kier alpha value is -3.66. The number of ether oxygens (including phenoxy) is 1. The molecule has 2 heterocycles. The molecule has 0 aliphatic rings. The summed E-state index contributed by atoms with van der Waals surface area (Å²) >= 11 is 3.39. The number of hydrogen-bond donors (Lipinski definition) is 3. The van der Waals surface area contributed by atoms with Crippen molar-refractivity contribution < 1.29 is 9.94 Å². The second-order valence-corrected chi connectivity index (χ2v) is 6.94. The highest BCUT2D eigenvalue weighted by atomic mass is 79.9. The van der Waals surface area contributed by atoms with Gasteiger partial charge in [-0.3, -0.25) is 0 Å². The first kappa shape index (κ1) is 18.7. The molecule has 0 aliphatic carbocycles. The van der Waals surface area contributed by atoms with E-state index in [1.165, 1.54) is 11.7 Å². The van der Waals surface area contributed by atoms with Crippen LogP contribution in [0, 0.1) is 0 Å². The lowest BCUT2D eigenvalue weighted by molar-refractivity contribution is 0.318. The molecule has 0 radical (unpaired) electrons. The number of oxime groups is 1. The number of nitrogens with zero attached hydrogens (tertiary/aromatic N) is 4. The van der Waals surface area contributed by atoms with E-state index in [1.54, 1.807) is 24.3 Å². The maximum atomic E-state index is 12.8. The van der Waals surface area contributed by atoms with E-state index in [-0.39, 0.29) is 22.7 Å². The van der Waals surface area contributed by atoms with Crippen molar-refractivity contribution in [3.05, 3.63) is 69.2 Å². The zero-order valence-corrected chi connectivity index (χ0v) is 16.7. The van der Waals surface area contributed by atoms with Crippen LogP contribution in [-0.4, -0.2) is 37.7 Å². The molecule has 2 aromatic carbocycles. The van der Waals surface area contributed by atoms with Crippen LogP contribution in [0.2, 0.25) is 0 Å². The summed E-state index contributed by atoms with van der Waals surface area (Å²) in [5.74, 6) is 0.558. The maximum absolute atomic E-state index is 12.8. The van der Waals surface area contributed by atoms with Gasteiger partial charge in [-0.15, -0.1) is 0 Å². The topological polar surface area (TPSA) is 131 Å². The number of halogens is 1. The van der Waals surface area contributed by atoms with E-state index in [4.69, 9.17) is 10.5 Å². The smallest absolute Gasteiger partial charge is 0.332 e. The van der Waals surface area contributed by atoms with Crippen LogP contribution in [0.4, 0.5) is 0 Å². The monoisotopic (exact) mass is 454 g/mol. The number of nitrogens with two attached hydrogens (primary N) is 1. The zero-order chi connectivity index (χ0) is 20.5. The van der Waals surface area contributed by atoms with E-state index in [1.807, 2.05) is 24.3 Å². The maximum Gasteiger partial charge on any atom is 0.332 e. The van der Waals surface area contributed by atoms with Crippen LogP contribution in [0.1, 0.15) is 5.69 Å². The fourth-order valence-corrected chi connectivity index (χ4v) is 3.25. The number of imidazole rings is 1. The van der Waals surface area contributed by atoms with Crippen molar-refractivity contribution in [2.75, 3.05) is 7.11 Å². The van der Waals surface area contributed by atoms with Gasteiger partial charge in [-0.05, 0) is 24.3 Å². The molecule has 10 heteroatoms. The molecule has 4 aromatic rings. The van der Waals surface area contributed by atoms with Gasteiger partial charge >= 0.3 is 5.69 Å². The van der Waals surface area contributed by atoms with Crippen molar-refractivity contribution in [3.63, 3.8) is 0 Å². The Bertz CT molecular complexity index is 1290. The fraction of sp³-hybridized carbons (Fsp3) is 0.0526. The minimum Gasteiger partial charge on any atom is -0.495 e. The van der Waals surface area contributed by atoms with Crippen molar-refractivity contribution in [1.82, 2.24) is 19.5 Å². The van der Waals surface area contributed by atoms with E-state index in [2.05, 4.69) is 36.0 Å². The van der Waals surface area contributed by atoms with Crippen LogP contribution < -0.4 is 16.2 Å². The van der Waals surface area contributed by atoms with Gasteiger partial charge in [0, 0.05) is 10.0 Å². The van der Waals surface area contributed by atoms with Crippen LogP contribution in [0.25, 0.3) is 28.2 Å². The van der Waals surface area contributed by atoms with E-state index in [9.17, 15) is 10.0 Å². The molecule has 29 heavy (non-hydrogen) atoms. The van der Waals surface area contributed by atoms with E-state index < -0.39 is 5.69 Å². The third kappa shape index (κ3) is 3.23. The first-order chi connectivity index (χ1) is 14.0. The number of fused-ring (bicyclic) bond motifs is 1. The molecule has 0 unspecified atom stereocenters. The number of aromatic amines is 1. The Labute approximate surface area is 172 Å². The zero-order valence-electron chi connectivity index (χ0n) is 15.1. The lowest BCUT2D eigenvalue weighted by Crippen LogP contribution is -2.17. The van der Waals surface area contributed by atoms with Gasteiger partial charge in [0.25, 0.3) is 0 Å². The summed E-state index contributed by atoms with van der Waals surface area (Å²) in [5.41, 5.74) is 7.20. The normalized spacial score (nSPS) is 11.7. The lowest BCUT2D eigenvalue weighted by atomic mass is 10.2. The number of methoxy groups -OCH3 is 1. The Morgan fingerprint density at radius 2 is 1.93 bits per heavy atom. The Kier molecular flexibility index (Phi) is 4.77. The minimum absolute atomic E-state index is 0.112. The van der Waals surface area contributed by atoms with Crippen LogP contribution in [0.5, 0.6) is 5.75 Å². The SMILES string of the molecule is COc1ccccc1-n1c(=O)[nH]c2c(/C(N)=N\O)nc(-c3ccc(Br)cc3)nc21. The first-order valence-electron chi connectivity index (χ1n) is 8.43. The molecule has 0 amide bonds. The molecule has 0 fully saturated rings. The third-order valence-electron chi connectivity index (χ3n) is 4.32. The molecule has 4 rings (SSSR count). The van der Waals surface area contributed by atoms with Gasteiger partial charge in [-0.1, -0.05) is 45.4 Å². The Morgan fingerprint density at radius 3 is 2.62 bits per heavy atom. The van der Waals surface area contributed by atoms with Gasteiger partial charge in [0.15, 0.2) is 17.3 Å². The van der Waals surface area contributed by atoms with Crippen molar-refractivity contribution in [1.29, 1.82) is 0 Å². The highest BCUT2D eigenvalue weighted by Crippen LogP contribution is 2.26. The van der Waals surface area contributed by atoms with Crippen molar-refractivity contribution in [2.24, 2.45) is 10.9 Å². The Morgan fingerprint density at radius 1 is 1.21 bits per heavy atom. The number of rotatable bonds is 4. The number of H-pyrrole nitrogens is 1. The number of hydrogen-bond acceptors (Lipinski definition) is 6. The number of aromatic nitrogens is 4. The summed E-state index contributed by atoms with van der Waals surface area (Å²) in [4.78, 5) is 24.5. The van der Waals surface area contributed by atoms with Gasteiger partial charge in [0.05, 0.1) is 12.8 Å². The van der Waals surface area contributed by atoms with Gasteiger partial charge in [0.2, 0.25) is 0 Å². The second kappa shape index (κ2) is 7.40. The average molecular weight is 455 g/mol. The molecule has 0 atom stereocenters. The van der Waals surface area contributed by atoms with Gasteiger partial charge in [-0.25, -0.2) is 19.3 Å². The molecule has 0 saturated carbocycles. The molecule has 0 aliphatic heterocycles. The summed E-state index contributed by atoms with van der Waals surface area (Å²) in [6, 6.07) is 14.4. The molecule has 0 bridgehead atoms. The molecule has 0 spiro atoms. The molecule has 4 N–H and O–H groups in total. The predicted molar refractivity (Wildman–Crippen MR) is 112 cm³/mol. The van der Waals surface area contributed by atoms with Gasteiger partial charge in [-0.2, -0.15) is 0 Å². The highest BCUT2D eigenvalue weighted by molar-refractivity contribution is 9.10. The van der Waals surface area contributed by atoms with Gasteiger partial charge in [0.1, 0.15) is 17.0 Å². The van der Waals surface area contributed by atoms with Crippen molar-refractivity contribution >= 4 is 32.9 Å². The molecule has 0 saturated heterocycles. The number of amidine groups is 1. The molecular formula is C19H15BrN6O3. The van der Waals surface area contributed by atoms with Gasteiger partial charge < -0.3 is 20.7 Å². The second-order valence-electron chi connectivity index (χ2n) is 6.02. The fourth-order valence-electron chi connectivity index (χ4n) is 2.98. The van der Waals surface area contributed by atoms with Crippen LogP contribution in [0.3, 0.4) is 0 Å². The van der Waals surface area contributed by atoms with Crippen molar-refractivity contribution in [3.8, 4) is 22.8 Å². The standard InChI is InChI=1S/C19H15BrN6O3/c1-29-13-5-3-2-4-12(13)26-18-15(23-19(26)27)14(16(21)25-28)22-17(24-18)10-6-8-11(20)9-7-10/h2-9,28H,1H3,(H2,21,25)(H,23,27). The summed E-state index contributed by atoms with van der Waals surface area (Å²) in [6.45, 7) is 0. The highest BCUT2D eigenvalue weighted by Gasteiger charge is 2.21. The summed E-state index contributed by atoms with van der Waals surface area (Å²) in [5, 5.41) is 12.2. The van der Waals surface area contributed by atoms with E-state index in [0.29, 0.717) is 22.8 Å².